The minimum Gasteiger partial charge on any atom is -0.346 e. The van der Waals surface area contributed by atoms with Crippen molar-refractivity contribution >= 4 is 29.0 Å². The SMILES string of the molecule is O=C(NCc1ccccn1)c1ccc2c(=O)n(CCC3=CCCCC3)c(=S)[nH]c2c1. The molecule has 30 heavy (non-hydrogen) atoms. The molecule has 2 N–H and O–H groups in total. The van der Waals surface area contributed by atoms with E-state index in [1.807, 2.05) is 18.2 Å². The Bertz CT molecular complexity index is 1210. The second-order valence-corrected chi connectivity index (χ2v) is 7.90. The number of fused-ring (bicyclic) bond motifs is 1. The second-order valence-electron chi connectivity index (χ2n) is 7.51. The summed E-state index contributed by atoms with van der Waals surface area (Å²) in [6, 6.07) is 10.6. The fourth-order valence-electron chi connectivity index (χ4n) is 3.76. The first-order valence-corrected chi connectivity index (χ1v) is 10.7. The molecule has 0 saturated carbocycles. The predicted molar refractivity (Wildman–Crippen MR) is 120 cm³/mol. The van der Waals surface area contributed by atoms with Gasteiger partial charge in [0.25, 0.3) is 11.5 Å². The van der Waals surface area contributed by atoms with E-state index in [4.69, 9.17) is 12.2 Å². The number of nitrogens with zero attached hydrogens (tertiary/aromatic N) is 2. The topological polar surface area (TPSA) is 79.8 Å². The molecule has 3 aromatic rings. The number of rotatable bonds is 6. The lowest BCUT2D eigenvalue weighted by Crippen LogP contribution is -2.25. The Balaban J connectivity index is 1.53. The number of carbonyl (C=O) groups excluding carboxylic acids is 1. The molecule has 1 aliphatic rings. The summed E-state index contributed by atoms with van der Waals surface area (Å²) in [5, 5.41) is 3.38. The van der Waals surface area contributed by atoms with Gasteiger partial charge in [-0.05, 0) is 74.7 Å². The van der Waals surface area contributed by atoms with Crippen LogP contribution in [0.2, 0.25) is 0 Å². The van der Waals surface area contributed by atoms with Crippen LogP contribution in [0.4, 0.5) is 0 Å². The van der Waals surface area contributed by atoms with Crippen molar-refractivity contribution in [3.05, 3.63) is 80.6 Å². The number of carbonyl (C=O) groups is 1. The van der Waals surface area contributed by atoms with Crippen LogP contribution in [-0.4, -0.2) is 20.4 Å². The van der Waals surface area contributed by atoms with E-state index in [9.17, 15) is 9.59 Å². The Morgan fingerprint density at radius 3 is 2.90 bits per heavy atom. The van der Waals surface area contributed by atoms with E-state index in [0.717, 1.165) is 25.0 Å². The molecule has 0 bridgehead atoms. The summed E-state index contributed by atoms with van der Waals surface area (Å²) in [6.45, 7) is 0.910. The Morgan fingerprint density at radius 1 is 1.23 bits per heavy atom. The summed E-state index contributed by atoms with van der Waals surface area (Å²) >= 11 is 5.44. The number of hydrogen-bond acceptors (Lipinski definition) is 4. The van der Waals surface area contributed by atoms with Crippen LogP contribution in [0.25, 0.3) is 10.9 Å². The third-order valence-electron chi connectivity index (χ3n) is 5.44. The highest BCUT2D eigenvalue weighted by Gasteiger charge is 2.11. The fraction of sp³-hybridized carbons (Fsp3) is 0.304. The average Bonchev–Trinajstić information content (AvgIpc) is 2.78. The number of H-pyrrole nitrogens is 1. The quantitative estimate of drug-likeness (QED) is 0.461. The molecule has 4 rings (SSSR count). The van der Waals surface area contributed by atoms with Gasteiger partial charge in [-0.25, -0.2) is 0 Å². The van der Waals surface area contributed by atoms with Gasteiger partial charge in [0.1, 0.15) is 0 Å². The smallest absolute Gasteiger partial charge is 0.262 e. The number of aromatic nitrogens is 3. The second kappa shape index (κ2) is 9.17. The van der Waals surface area contributed by atoms with E-state index in [1.54, 1.807) is 29.0 Å². The molecule has 6 nitrogen and oxygen atoms in total. The van der Waals surface area contributed by atoms with Crippen LogP contribution in [0, 0.1) is 4.77 Å². The van der Waals surface area contributed by atoms with Crippen LogP contribution in [0.15, 0.2) is 59.0 Å². The summed E-state index contributed by atoms with van der Waals surface area (Å²) in [5.74, 6) is -0.227. The van der Waals surface area contributed by atoms with Crippen molar-refractivity contribution in [1.82, 2.24) is 19.9 Å². The fourth-order valence-corrected chi connectivity index (χ4v) is 4.05. The van der Waals surface area contributed by atoms with E-state index in [0.29, 0.717) is 34.3 Å². The molecule has 0 radical (unpaired) electrons. The van der Waals surface area contributed by atoms with Crippen molar-refractivity contribution < 1.29 is 4.79 Å². The molecular weight excluding hydrogens is 396 g/mol. The molecule has 0 unspecified atom stereocenters. The molecule has 0 aliphatic heterocycles. The summed E-state index contributed by atoms with van der Waals surface area (Å²) < 4.78 is 2.00. The molecule has 7 heteroatoms. The molecule has 1 aliphatic carbocycles. The molecule has 154 valence electrons. The van der Waals surface area contributed by atoms with E-state index in [2.05, 4.69) is 21.4 Å². The van der Waals surface area contributed by atoms with Crippen LogP contribution in [0.3, 0.4) is 0 Å². The Labute approximate surface area is 179 Å². The third kappa shape index (κ3) is 4.57. The zero-order valence-corrected chi connectivity index (χ0v) is 17.5. The molecule has 2 aromatic heterocycles. The van der Waals surface area contributed by atoms with Gasteiger partial charge in [0, 0.05) is 18.3 Å². The van der Waals surface area contributed by atoms with Gasteiger partial charge in [0.15, 0.2) is 4.77 Å². The van der Waals surface area contributed by atoms with Gasteiger partial charge in [-0.15, -0.1) is 0 Å². The maximum Gasteiger partial charge on any atom is 0.262 e. The Morgan fingerprint density at radius 2 is 2.13 bits per heavy atom. The molecular formula is C23H24N4O2S. The highest BCUT2D eigenvalue weighted by Crippen LogP contribution is 2.20. The molecule has 0 spiro atoms. The van der Waals surface area contributed by atoms with Crippen molar-refractivity contribution in [2.24, 2.45) is 0 Å². The number of amides is 1. The number of benzene rings is 1. The third-order valence-corrected chi connectivity index (χ3v) is 5.76. The van der Waals surface area contributed by atoms with Crippen LogP contribution in [-0.2, 0) is 13.1 Å². The lowest BCUT2D eigenvalue weighted by molar-refractivity contribution is 0.0950. The zero-order valence-electron chi connectivity index (χ0n) is 16.7. The number of hydrogen-bond donors (Lipinski definition) is 2. The molecule has 0 fully saturated rings. The Kier molecular flexibility index (Phi) is 6.18. The minimum absolute atomic E-state index is 0.120. The molecule has 1 aromatic carbocycles. The van der Waals surface area contributed by atoms with Crippen LogP contribution in [0.5, 0.6) is 0 Å². The van der Waals surface area contributed by atoms with Crippen LogP contribution < -0.4 is 10.9 Å². The monoisotopic (exact) mass is 420 g/mol. The van der Waals surface area contributed by atoms with Gasteiger partial charge in [-0.2, -0.15) is 0 Å². The van der Waals surface area contributed by atoms with Crippen molar-refractivity contribution in [2.45, 2.75) is 45.2 Å². The number of allylic oxidation sites excluding steroid dienone is 2. The summed E-state index contributed by atoms with van der Waals surface area (Å²) in [5.41, 5.74) is 3.10. The summed E-state index contributed by atoms with van der Waals surface area (Å²) in [7, 11) is 0. The largest absolute Gasteiger partial charge is 0.346 e. The predicted octanol–water partition coefficient (Wildman–Crippen LogP) is 4.27. The maximum absolute atomic E-state index is 13.0. The standard InChI is InChI=1S/C23H24N4O2S/c28-21(25-15-18-8-4-5-12-24-18)17-9-10-19-20(14-17)26-23(30)27(22(19)29)13-11-16-6-2-1-3-7-16/h4-6,8-10,12,14H,1-3,7,11,13,15H2,(H,25,28)(H,26,30). The van der Waals surface area contributed by atoms with Crippen molar-refractivity contribution in [3.8, 4) is 0 Å². The van der Waals surface area contributed by atoms with E-state index in [-0.39, 0.29) is 11.5 Å². The maximum atomic E-state index is 13.0. The van der Waals surface area contributed by atoms with Gasteiger partial charge < -0.3 is 10.3 Å². The van der Waals surface area contributed by atoms with E-state index >= 15 is 0 Å². The first kappa shape index (κ1) is 20.2. The van der Waals surface area contributed by atoms with Crippen molar-refractivity contribution in [2.75, 3.05) is 0 Å². The summed E-state index contributed by atoms with van der Waals surface area (Å²) in [6.07, 6.45) is 9.52. The zero-order chi connectivity index (χ0) is 20.9. The number of pyridine rings is 1. The van der Waals surface area contributed by atoms with Crippen LogP contribution >= 0.6 is 12.2 Å². The lowest BCUT2D eigenvalue weighted by atomic mass is 9.97. The number of aromatic amines is 1. The molecule has 1 amide bonds. The normalized spacial score (nSPS) is 13.8. The molecule has 0 saturated heterocycles. The summed E-state index contributed by atoms with van der Waals surface area (Å²) in [4.78, 5) is 32.8. The van der Waals surface area contributed by atoms with Gasteiger partial charge >= 0.3 is 0 Å². The molecule has 0 atom stereocenters. The average molecular weight is 421 g/mol. The number of nitrogens with one attached hydrogen (secondary N) is 2. The minimum atomic E-state index is -0.227. The Hall–Kier alpha value is -3.06. The van der Waals surface area contributed by atoms with Gasteiger partial charge in [0.2, 0.25) is 0 Å². The molecule has 2 heterocycles. The van der Waals surface area contributed by atoms with Crippen LogP contribution in [0.1, 0.15) is 48.2 Å². The van der Waals surface area contributed by atoms with Crippen molar-refractivity contribution in [3.63, 3.8) is 0 Å². The van der Waals surface area contributed by atoms with Gasteiger partial charge in [-0.1, -0.05) is 17.7 Å². The first-order chi connectivity index (χ1) is 14.6. The van der Waals surface area contributed by atoms with Crippen molar-refractivity contribution in [1.29, 1.82) is 0 Å². The van der Waals surface area contributed by atoms with E-state index in [1.165, 1.54) is 18.4 Å². The highest BCUT2D eigenvalue weighted by atomic mass is 32.1. The van der Waals surface area contributed by atoms with Gasteiger partial charge in [-0.3, -0.25) is 19.1 Å². The lowest BCUT2D eigenvalue weighted by Gasteiger charge is -2.14. The van der Waals surface area contributed by atoms with Gasteiger partial charge in [0.05, 0.1) is 23.1 Å². The highest BCUT2D eigenvalue weighted by molar-refractivity contribution is 7.71. The first-order valence-electron chi connectivity index (χ1n) is 10.2. The van der Waals surface area contributed by atoms with E-state index < -0.39 is 0 Å².